The molecule has 3 rings (SSSR count). The molecule has 2 aromatic carbocycles. The molecule has 0 atom stereocenters. The van der Waals surface area contributed by atoms with E-state index < -0.39 is 0 Å². The number of hydrogen-bond donors (Lipinski definition) is 0. The normalized spacial score (nSPS) is 14.0. The first-order chi connectivity index (χ1) is 10.1. The summed E-state index contributed by atoms with van der Waals surface area (Å²) in [5.41, 5.74) is 1.89. The van der Waals surface area contributed by atoms with Crippen molar-refractivity contribution in [1.82, 2.24) is 4.90 Å². The van der Waals surface area contributed by atoms with Gasteiger partial charge in [-0.2, -0.15) is 0 Å². The fraction of sp³-hybridized carbons (Fsp3) is 0.235. The van der Waals surface area contributed by atoms with Crippen molar-refractivity contribution in [3.05, 3.63) is 68.6 Å². The van der Waals surface area contributed by atoms with Gasteiger partial charge in [0.2, 0.25) is 0 Å². The molecule has 21 heavy (non-hydrogen) atoms. The molecule has 0 radical (unpaired) electrons. The van der Waals surface area contributed by atoms with Gasteiger partial charge in [-0.15, -0.1) is 0 Å². The first-order valence-electron chi connectivity index (χ1n) is 6.95. The SMILES string of the molecule is O=C(c1cc(Br)ccc1Br)N(Cc1ccccc1)C1CC1. The van der Waals surface area contributed by atoms with Gasteiger partial charge in [-0.25, -0.2) is 0 Å². The zero-order valence-electron chi connectivity index (χ0n) is 11.4. The summed E-state index contributed by atoms with van der Waals surface area (Å²) in [5, 5.41) is 0. The number of carbonyl (C=O) groups is 1. The average molecular weight is 409 g/mol. The predicted molar refractivity (Wildman–Crippen MR) is 91.2 cm³/mol. The number of halogens is 2. The van der Waals surface area contributed by atoms with Crippen LogP contribution in [0.3, 0.4) is 0 Å². The van der Waals surface area contributed by atoms with Gasteiger partial charge < -0.3 is 4.90 Å². The van der Waals surface area contributed by atoms with E-state index in [-0.39, 0.29) is 5.91 Å². The third kappa shape index (κ3) is 3.55. The molecule has 0 N–H and O–H groups in total. The van der Waals surface area contributed by atoms with Crippen LogP contribution in [0.1, 0.15) is 28.8 Å². The third-order valence-corrected chi connectivity index (χ3v) is 4.79. The molecular formula is C17H15Br2NO. The molecule has 2 nitrogen and oxygen atoms in total. The molecule has 0 bridgehead atoms. The zero-order chi connectivity index (χ0) is 14.8. The maximum absolute atomic E-state index is 12.9. The van der Waals surface area contributed by atoms with Crippen LogP contribution in [0.25, 0.3) is 0 Å². The van der Waals surface area contributed by atoms with E-state index in [2.05, 4.69) is 44.0 Å². The van der Waals surface area contributed by atoms with E-state index in [0.717, 1.165) is 21.8 Å². The van der Waals surface area contributed by atoms with E-state index in [1.54, 1.807) is 0 Å². The molecule has 1 aliphatic rings. The van der Waals surface area contributed by atoms with Crippen LogP contribution in [0.4, 0.5) is 0 Å². The molecule has 0 aromatic heterocycles. The van der Waals surface area contributed by atoms with Crippen LogP contribution < -0.4 is 0 Å². The molecule has 1 saturated carbocycles. The Morgan fingerprint density at radius 2 is 1.81 bits per heavy atom. The molecule has 2 aromatic rings. The van der Waals surface area contributed by atoms with E-state index in [1.165, 1.54) is 5.56 Å². The minimum atomic E-state index is 0.0922. The van der Waals surface area contributed by atoms with Gasteiger partial charge in [-0.3, -0.25) is 4.79 Å². The fourth-order valence-corrected chi connectivity index (χ4v) is 3.13. The van der Waals surface area contributed by atoms with Gasteiger partial charge in [0, 0.05) is 21.5 Å². The van der Waals surface area contributed by atoms with Crippen molar-refractivity contribution in [1.29, 1.82) is 0 Å². The van der Waals surface area contributed by atoms with Gasteiger partial charge in [0.05, 0.1) is 5.56 Å². The monoisotopic (exact) mass is 407 g/mol. The Kier molecular flexibility index (Phi) is 4.45. The standard InChI is InChI=1S/C17H15Br2NO/c18-13-6-9-16(19)15(10-13)17(21)20(14-7-8-14)11-12-4-2-1-3-5-12/h1-6,9-10,14H,7-8,11H2. The van der Waals surface area contributed by atoms with E-state index in [0.29, 0.717) is 18.2 Å². The highest BCUT2D eigenvalue weighted by atomic mass is 79.9. The summed E-state index contributed by atoms with van der Waals surface area (Å²) in [7, 11) is 0. The summed E-state index contributed by atoms with van der Waals surface area (Å²) in [5.74, 6) is 0.0922. The summed E-state index contributed by atoms with van der Waals surface area (Å²) in [6.45, 7) is 0.670. The van der Waals surface area contributed by atoms with Crippen molar-refractivity contribution in [3.8, 4) is 0 Å². The second kappa shape index (κ2) is 6.32. The lowest BCUT2D eigenvalue weighted by Gasteiger charge is -2.23. The highest BCUT2D eigenvalue weighted by Crippen LogP contribution is 2.32. The molecule has 0 spiro atoms. The number of amides is 1. The van der Waals surface area contributed by atoms with Gasteiger partial charge in [-0.05, 0) is 52.5 Å². The van der Waals surface area contributed by atoms with Crippen molar-refractivity contribution in [2.45, 2.75) is 25.4 Å². The Bertz CT molecular complexity index is 653. The number of carbonyl (C=O) groups excluding carboxylic acids is 1. The molecule has 1 fully saturated rings. The van der Waals surface area contributed by atoms with Crippen LogP contribution in [-0.4, -0.2) is 16.8 Å². The quantitative estimate of drug-likeness (QED) is 0.695. The Hall–Kier alpha value is -1.13. The highest BCUT2D eigenvalue weighted by molar-refractivity contribution is 9.11. The highest BCUT2D eigenvalue weighted by Gasteiger charge is 2.33. The minimum Gasteiger partial charge on any atom is -0.331 e. The largest absolute Gasteiger partial charge is 0.331 e. The second-order valence-corrected chi connectivity index (χ2v) is 7.04. The van der Waals surface area contributed by atoms with Gasteiger partial charge in [0.25, 0.3) is 5.91 Å². The smallest absolute Gasteiger partial charge is 0.255 e. The Balaban J connectivity index is 1.87. The van der Waals surface area contributed by atoms with Crippen LogP contribution in [0.15, 0.2) is 57.5 Å². The van der Waals surface area contributed by atoms with Crippen LogP contribution in [0.2, 0.25) is 0 Å². The molecule has 0 heterocycles. The van der Waals surface area contributed by atoms with E-state index >= 15 is 0 Å². The molecule has 1 aliphatic carbocycles. The third-order valence-electron chi connectivity index (χ3n) is 3.60. The number of nitrogens with zero attached hydrogens (tertiary/aromatic N) is 1. The van der Waals surface area contributed by atoms with E-state index in [4.69, 9.17) is 0 Å². The van der Waals surface area contributed by atoms with Crippen LogP contribution in [0.5, 0.6) is 0 Å². The molecule has 108 valence electrons. The minimum absolute atomic E-state index is 0.0922. The molecule has 1 amide bonds. The average Bonchev–Trinajstić information content (AvgIpc) is 3.32. The van der Waals surface area contributed by atoms with Gasteiger partial charge in [0.15, 0.2) is 0 Å². The summed E-state index contributed by atoms with van der Waals surface area (Å²) < 4.78 is 1.76. The first-order valence-corrected chi connectivity index (χ1v) is 8.53. The van der Waals surface area contributed by atoms with Crippen molar-refractivity contribution >= 4 is 37.8 Å². The first kappa shape index (κ1) is 14.8. The predicted octanol–water partition coefficient (Wildman–Crippen LogP) is 5.02. The van der Waals surface area contributed by atoms with Crippen molar-refractivity contribution < 1.29 is 4.79 Å². The number of benzene rings is 2. The summed E-state index contributed by atoms with van der Waals surface area (Å²) in [4.78, 5) is 14.9. The summed E-state index contributed by atoms with van der Waals surface area (Å²) >= 11 is 6.93. The maximum atomic E-state index is 12.9. The Morgan fingerprint density at radius 1 is 1.10 bits per heavy atom. The van der Waals surface area contributed by atoms with Crippen molar-refractivity contribution in [2.75, 3.05) is 0 Å². The lowest BCUT2D eigenvalue weighted by Crippen LogP contribution is -2.32. The molecular weight excluding hydrogens is 394 g/mol. The second-order valence-electron chi connectivity index (χ2n) is 5.27. The maximum Gasteiger partial charge on any atom is 0.255 e. The Morgan fingerprint density at radius 3 is 2.48 bits per heavy atom. The number of hydrogen-bond acceptors (Lipinski definition) is 1. The van der Waals surface area contributed by atoms with Crippen LogP contribution in [-0.2, 0) is 6.54 Å². The number of rotatable bonds is 4. The van der Waals surface area contributed by atoms with Gasteiger partial charge in [-0.1, -0.05) is 46.3 Å². The summed E-state index contributed by atoms with van der Waals surface area (Å²) in [6.07, 6.45) is 2.20. The van der Waals surface area contributed by atoms with E-state index in [1.807, 2.05) is 41.3 Å². The fourth-order valence-electron chi connectivity index (χ4n) is 2.35. The Labute approximate surface area is 141 Å². The molecule has 0 aliphatic heterocycles. The van der Waals surface area contributed by atoms with Gasteiger partial charge >= 0.3 is 0 Å². The summed E-state index contributed by atoms with van der Waals surface area (Å²) in [6, 6.07) is 16.3. The van der Waals surface area contributed by atoms with Crippen LogP contribution in [0, 0.1) is 0 Å². The van der Waals surface area contributed by atoms with E-state index in [9.17, 15) is 4.79 Å². The van der Waals surface area contributed by atoms with Crippen LogP contribution >= 0.6 is 31.9 Å². The topological polar surface area (TPSA) is 20.3 Å². The lowest BCUT2D eigenvalue weighted by atomic mass is 10.1. The van der Waals surface area contributed by atoms with Gasteiger partial charge in [0.1, 0.15) is 0 Å². The lowest BCUT2D eigenvalue weighted by molar-refractivity contribution is 0.0729. The molecule has 0 saturated heterocycles. The zero-order valence-corrected chi connectivity index (χ0v) is 14.6. The molecule has 4 heteroatoms. The molecule has 0 unspecified atom stereocenters. The van der Waals surface area contributed by atoms with Crippen molar-refractivity contribution in [2.24, 2.45) is 0 Å². The van der Waals surface area contributed by atoms with Crippen molar-refractivity contribution in [3.63, 3.8) is 0 Å².